The van der Waals surface area contributed by atoms with E-state index in [1.54, 1.807) is 10.7 Å². The number of aromatic nitrogens is 2. The average Bonchev–Trinajstić information content (AvgIpc) is 3.30. The van der Waals surface area contributed by atoms with Gasteiger partial charge in [0.2, 0.25) is 5.60 Å². The molecule has 138 valence electrons. The van der Waals surface area contributed by atoms with Crippen molar-refractivity contribution in [3.63, 3.8) is 0 Å². The third-order valence-electron chi connectivity index (χ3n) is 5.21. The lowest BCUT2D eigenvalue weighted by Gasteiger charge is -2.10. The van der Waals surface area contributed by atoms with Gasteiger partial charge in [-0.25, -0.2) is 4.68 Å². The van der Waals surface area contributed by atoms with Crippen LogP contribution >= 0.6 is 0 Å². The predicted molar refractivity (Wildman–Crippen MR) is 98.3 cm³/mol. The first-order valence-corrected chi connectivity index (χ1v) is 8.95. The van der Waals surface area contributed by atoms with Crippen molar-refractivity contribution in [1.29, 1.82) is 0 Å². The number of amides is 2. The lowest BCUT2D eigenvalue weighted by molar-refractivity contribution is -0.130. The maximum absolute atomic E-state index is 11.8. The number of fused-ring (bicyclic) bond motifs is 1. The van der Waals surface area contributed by atoms with E-state index >= 15 is 0 Å². The fraction of sp³-hybridized carbons (Fsp3) is 0.350. The minimum absolute atomic E-state index is 0.245. The molecule has 1 saturated heterocycles. The van der Waals surface area contributed by atoms with Crippen molar-refractivity contribution in [2.75, 3.05) is 6.54 Å². The van der Waals surface area contributed by atoms with Crippen LogP contribution < -0.4 is 11.1 Å². The lowest BCUT2D eigenvalue weighted by Crippen LogP contribution is -2.36. The van der Waals surface area contributed by atoms with Crippen molar-refractivity contribution >= 4 is 11.8 Å². The number of carbonyl (C=O) groups excluding carboxylic acids is 2. The number of nitrogens with zero attached hydrogens (tertiary/aromatic N) is 2. The van der Waals surface area contributed by atoms with Gasteiger partial charge in [-0.05, 0) is 37.0 Å². The molecule has 1 fully saturated rings. The lowest BCUT2D eigenvalue weighted by atomic mass is 10.0. The normalized spacial score (nSPS) is 23.5. The second-order valence-corrected chi connectivity index (χ2v) is 7.09. The fourth-order valence-electron chi connectivity index (χ4n) is 3.74. The summed E-state index contributed by atoms with van der Waals surface area (Å²) in [5.41, 5.74) is 7.53. The third kappa shape index (κ3) is 2.88. The fourth-order valence-corrected chi connectivity index (χ4v) is 3.74. The number of nitrogens with one attached hydrogen (secondary N) is 1. The number of primary amides is 1. The molecule has 0 bridgehead atoms. The van der Waals surface area contributed by atoms with Crippen molar-refractivity contribution in [3.8, 4) is 17.5 Å². The first-order chi connectivity index (χ1) is 12.9. The first kappa shape index (κ1) is 17.3. The molecule has 2 atom stereocenters. The van der Waals surface area contributed by atoms with Gasteiger partial charge in [-0.1, -0.05) is 24.8 Å². The number of hydrogen-bond donors (Lipinski definition) is 3. The minimum Gasteiger partial charge on any atom is -0.369 e. The Morgan fingerprint density at radius 3 is 3.00 bits per heavy atom. The molecule has 2 aromatic rings. The van der Waals surface area contributed by atoms with E-state index in [1.165, 1.54) is 0 Å². The quantitative estimate of drug-likeness (QED) is 0.679. The number of hydrogen-bond acceptors (Lipinski definition) is 4. The molecule has 1 aliphatic heterocycles. The minimum atomic E-state index is -1.64. The van der Waals surface area contributed by atoms with E-state index in [9.17, 15) is 14.7 Å². The second kappa shape index (κ2) is 6.25. The van der Waals surface area contributed by atoms with Crippen LogP contribution in [0.3, 0.4) is 0 Å². The van der Waals surface area contributed by atoms with Gasteiger partial charge >= 0.3 is 0 Å². The van der Waals surface area contributed by atoms with Crippen LogP contribution in [0.5, 0.6) is 0 Å². The van der Waals surface area contributed by atoms with Gasteiger partial charge in [-0.3, -0.25) is 9.59 Å². The van der Waals surface area contributed by atoms with Crippen LogP contribution in [0.25, 0.3) is 5.69 Å². The highest BCUT2D eigenvalue weighted by Crippen LogP contribution is 2.36. The number of nitrogens with two attached hydrogens (primary N) is 1. The van der Waals surface area contributed by atoms with E-state index in [2.05, 4.69) is 29.2 Å². The van der Waals surface area contributed by atoms with Crippen LogP contribution in [0, 0.1) is 11.8 Å². The molecule has 27 heavy (non-hydrogen) atoms. The number of benzene rings is 1. The molecule has 1 aromatic heterocycles. The van der Waals surface area contributed by atoms with Gasteiger partial charge in [0.15, 0.2) is 5.69 Å². The van der Waals surface area contributed by atoms with Gasteiger partial charge in [0.1, 0.15) is 0 Å². The van der Waals surface area contributed by atoms with Crippen molar-refractivity contribution < 1.29 is 14.7 Å². The topological polar surface area (TPSA) is 110 Å². The second-order valence-electron chi connectivity index (χ2n) is 7.09. The van der Waals surface area contributed by atoms with Gasteiger partial charge in [0.05, 0.1) is 5.69 Å². The van der Waals surface area contributed by atoms with Gasteiger partial charge in [0.25, 0.3) is 11.8 Å². The molecule has 7 heteroatoms. The van der Waals surface area contributed by atoms with Crippen molar-refractivity contribution in [2.45, 2.75) is 37.7 Å². The summed E-state index contributed by atoms with van der Waals surface area (Å²) in [6.45, 7) is 2.48. The Morgan fingerprint density at radius 1 is 1.48 bits per heavy atom. The van der Waals surface area contributed by atoms with E-state index in [0.29, 0.717) is 17.8 Å². The van der Waals surface area contributed by atoms with Crippen LogP contribution in [-0.2, 0) is 11.2 Å². The molecule has 0 unspecified atom stereocenters. The van der Waals surface area contributed by atoms with Crippen LogP contribution in [-0.4, -0.2) is 38.8 Å². The number of aliphatic hydroxyl groups is 1. The van der Waals surface area contributed by atoms with Gasteiger partial charge < -0.3 is 16.2 Å². The molecule has 0 radical (unpaired) electrons. The summed E-state index contributed by atoms with van der Waals surface area (Å²) in [5.74, 6) is 4.81. The van der Waals surface area contributed by atoms with E-state index in [4.69, 9.17) is 5.73 Å². The third-order valence-corrected chi connectivity index (χ3v) is 5.21. The monoisotopic (exact) mass is 364 g/mol. The zero-order valence-electron chi connectivity index (χ0n) is 15.0. The van der Waals surface area contributed by atoms with E-state index in [1.807, 2.05) is 18.2 Å². The molecule has 1 aliphatic carbocycles. The number of carbonyl (C=O) groups is 2. The Balaban J connectivity index is 1.73. The molecule has 4 N–H and O–H groups in total. The van der Waals surface area contributed by atoms with Gasteiger partial charge in [-0.2, -0.15) is 5.10 Å². The van der Waals surface area contributed by atoms with Crippen molar-refractivity contribution in [2.24, 2.45) is 5.73 Å². The Bertz CT molecular complexity index is 1010. The summed E-state index contributed by atoms with van der Waals surface area (Å²) < 4.78 is 1.75. The van der Waals surface area contributed by atoms with E-state index in [-0.39, 0.29) is 12.3 Å². The highest BCUT2D eigenvalue weighted by molar-refractivity contribution is 5.93. The average molecular weight is 364 g/mol. The number of rotatable bonds is 2. The standard InChI is InChI=1S/C20H20N4O3/c1-12-5-6-15-16(12)17(18(21)25)23-24(15)14-4-2-3-13(11-14)7-8-20(27)9-10-22-19(20)26/h2-4,11-12,27H,5-6,9-10H2,1H3,(H2,21,25)(H,22,26)/t12-,20+/m1/s1. The van der Waals surface area contributed by atoms with Gasteiger partial charge in [-0.15, -0.1) is 0 Å². The van der Waals surface area contributed by atoms with Crippen LogP contribution in [0.2, 0.25) is 0 Å². The van der Waals surface area contributed by atoms with E-state index in [0.717, 1.165) is 29.8 Å². The molecule has 1 aromatic carbocycles. The molecule has 7 nitrogen and oxygen atoms in total. The molecule has 2 heterocycles. The predicted octanol–water partition coefficient (Wildman–Crippen LogP) is 0.623. The molecule has 0 saturated carbocycles. The summed E-state index contributed by atoms with van der Waals surface area (Å²) in [5, 5.41) is 17.3. The Labute approximate surface area is 156 Å². The highest BCUT2D eigenvalue weighted by Gasteiger charge is 2.38. The van der Waals surface area contributed by atoms with Crippen molar-refractivity contribution in [3.05, 3.63) is 46.8 Å². The summed E-state index contributed by atoms with van der Waals surface area (Å²) in [6.07, 6.45) is 2.05. The molecule has 2 amide bonds. The molecular formula is C20H20N4O3. The Hall–Kier alpha value is -3.11. The van der Waals surface area contributed by atoms with Crippen LogP contribution in [0.4, 0.5) is 0 Å². The summed E-state index contributed by atoms with van der Waals surface area (Å²) in [7, 11) is 0. The Morgan fingerprint density at radius 2 is 2.30 bits per heavy atom. The van der Waals surface area contributed by atoms with Crippen LogP contribution in [0.1, 0.15) is 53.0 Å². The summed E-state index contributed by atoms with van der Waals surface area (Å²) >= 11 is 0. The maximum Gasteiger partial charge on any atom is 0.269 e. The largest absolute Gasteiger partial charge is 0.369 e. The maximum atomic E-state index is 11.8. The molecule has 2 aliphatic rings. The van der Waals surface area contributed by atoms with E-state index < -0.39 is 17.4 Å². The molecule has 4 rings (SSSR count). The Kier molecular flexibility index (Phi) is 4.01. The zero-order valence-corrected chi connectivity index (χ0v) is 15.0. The van der Waals surface area contributed by atoms with Crippen molar-refractivity contribution in [1.82, 2.24) is 15.1 Å². The van der Waals surface area contributed by atoms with Crippen LogP contribution in [0.15, 0.2) is 24.3 Å². The summed E-state index contributed by atoms with van der Waals surface area (Å²) in [4.78, 5) is 23.5. The van der Waals surface area contributed by atoms with Gasteiger partial charge in [0, 0.05) is 29.8 Å². The first-order valence-electron chi connectivity index (χ1n) is 8.95. The molecule has 0 spiro atoms. The smallest absolute Gasteiger partial charge is 0.269 e. The SMILES string of the molecule is C[C@@H]1CCc2c1c(C(N)=O)nn2-c1cccc(C#C[C@]2(O)CCNC2=O)c1. The molecular weight excluding hydrogens is 344 g/mol. The zero-order chi connectivity index (χ0) is 19.2. The highest BCUT2D eigenvalue weighted by atomic mass is 16.3. The summed E-state index contributed by atoms with van der Waals surface area (Å²) in [6, 6.07) is 7.33.